The molecule has 0 saturated carbocycles. The minimum atomic E-state index is 0.280. The highest BCUT2D eigenvalue weighted by Gasteiger charge is 2.01. The quantitative estimate of drug-likeness (QED) is 0.560. The van der Waals surface area contributed by atoms with Gasteiger partial charge in [0.25, 0.3) is 0 Å². The number of alkyl halides is 1. The molecule has 9 heavy (non-hydrogen) atoms. The third-order valence-corrected chi connectivity index (χ3v) is 1.59. The summed E-state index contributed by atoms with van der Waals surface area (Å²) in [5.41, 5.74) is 0. The molecule has 2 heteroatoms. The van der Waals surface area contributed by atoms with Crippen molar-refractivity contribution >= 4 is 11.6 Å². The number of halogens is 1. The lowest BCUT2D eigenvalue weighted by Crippen LogP contribution is -2.06. The third kappa shape index (κ3) is 6.13. The molecule has 0 rings (SSSR count). The Morgan fingerprint density at radius 2 is 1.89 bits per heavy atom. The van der Waals surface area contributed by atoms with Crippen molar-refractivity contribution in [3.63, 3.8) is 0 Å². The normalized spacial score (nSPS) is 17.3. The zero-order valence-corrected chi connectivity index (χ0v) is 7.11. The molecule has 0 saturated heterocycles. The van der Waals surface area contributed by atoms with Crippen molar-refractivity contribution in [2.75, 3.05) is 7.11 Å². The summed E-state index contributed by atoms with van der Waals surface area (Å²) in [6.07, 6.45) is 2.45. The van der Waals surface area contributed by atoms with E-state index in [0.717, 1.165) is 12.8 Å². The van der Waals surface area contributed by atoms with Gasteiger partial charge < -0.3 is 4.74 Å². The lowest BCUT2D eigenvalue weighted by atomic mass is 10.2. The Hall–Kier alpha value is 0.250. The van der Waals surface area contributed by atoms with Crippen LogP contribution in [-0.4, -0.2) is 18.6 Å². The van der Waals surface area contributed by atoms with E-state index in [-0.39, 0.29) is 5.38 Å². The second kappa shape index (κ2) is 5.07. The summed E-state index contributed by atoms with van der Waals surface area (Å²) in [5.74, 6) is 0. The Balaban J connectivity index is 3.06. The van der Waals surface area contributed by atoms with Crippen molar-refractivity contribution in [2.45, 2.75) is 38.2 Å². The van der Waals surface area contributed by atoms with E-state index in [1.807, 2.05) is 6.92 Å². The zero-order chi connectivity index (χ0) is 7.28. The van der Waals surface area contributed by atoms with Crippen molar-refractivity contribution < 1.29 is 4.74 Å². The summed E-state index contributed by atoms with van der Waals surface area (Å²) in [5, 5.41) is 0.280. The van der Waals surface area contributed by atoms with Gasteiger partial charge in [0.05, 0.1) is 6.10 Å². The van der Waals surface area contributed by atoms with E-state index in [4.69, 9.17) is 16.3 Å². The van der Waals surface area contributed by atoms with Crippen LogP contribution >= 0.6 is 11.6 Å². The number of ether oxygens (including phenoxy) is 1. The van der Waals surface area contributed by atoms with Crippen LogP contribution in [0.2, 0.25) is 0 Å². The highest BCUT2D eigenvalue weighted by molar-refractivity contribution is 6.20. The average Bonchev–Trinajstić information content (AvgIpc) is 1.83. The third-order valence-electron chi connectivity index (χ3n) is 1.37. The second-order valence-corrected chi connectivity index (χ2v) is 3.15. The van der Waals surface area contributed by atoms with Gasteiger partial charge in [-0.2, -0.15) is 0 Å². The van der Waals surface area contributed by atoms with Crippen molar-refractivity contribution in [3.05, 3.63) is 0 Å². The van der Waals surface area contributed by atoms with Crippen molar-refractivity contribution in [1.29, 1.82) is 0 Å². The Morgan fingerprint density at radius 1 is 1.33 bits per heavy atom. The molecule has 0 aliphatic heterocycles. The maximum Gasteiger partial charge on any atom is 0.0543 e. The molecule has 0 N–H and O–H groups in total. The summed E-state index contributed by atoms with van der Waals surface area (Å²) >= 11 is 5.72. The molecule has 0 aromatic carbocycles. The summed E-state index contributed by atoms with van der Waals surface area (Å²) in [7, 11) is 1.73. The first-order valence-corrected chi connectivity index (χ1v) is 3.77. The molecule has 0 aromatic heterocycles. The maximum absolute atomic E-state index is 5.72. The van der Waals surface area contributed by atoms with E-state index in [1.165, 1.54) is 0 Å². The van der Waals surface area contributed by atoms with Crippen LogP contribution in [0.3, 0.4) is 0 Å². The van der Waals surface area contributed by atoms with Gasteiger partial charge in [0, 0.05) is 12.5 Å². The predicted molar refractivity (Wildman–Crippen MR) is 41.0 cm³/mol. The SMILES string of the molecule is COC(C)CCC(C)Cl. The Bertz CT molecular complexity index is 63.9. The molecular weight excluding hydrogens is 136 g/mol. The van der Waals surface area contributed by atoms with Crippen molar-refractivity contribution in [2.24, 2.45) is 0 Å². The smallest absolute Gasteiger partial charge is 0.0543 e. The van der Waals surface area contributed by atoms with Gasteiger partial charge in [0.2, 0.25) is 0 Å². The summed E-state index contributed by atoms with van der Waals surface area (Å²) < 4.78 is 5.04. The highest BCUT2D eigenvalue weighted by atomic mass is 35.5. The topological polar surface area (TPSA) is 9.23 Å². The molecule has 2 atom stereocenters. The lowest BCUT2D eigenvalue weighted by molar-refractivity contribution is 0.109. The van der Waals surface area contributed by atoms with Crippen molar-refractivity contribution in [3.8, 4) is 0 Å². The zero-order valence-electron chi connectivity index (χ0n) is 6.36. The van der Waals surface area contributed by atoms with Gasteiger partial charge in [-0.25, -0.2) is 0 Å². The molecule has 0 fully saturated rings. The first-order valence-electron chi connectivity index (χ1n) is 3.33. The minimum absolute atomic E-state index is 0.280. The Morgan fingerprint density at radius 3 is 2.22 bits per heavy atom. The fourth-order valence-electron chi connectivity index (χ4n) is 0.582. The van der Waals surface area contributed by atoms with E-state index in [1.54, 1.807) is 7.11 Å². The average molecular weight is 151 g/mol. The molecular formula is C7H15ClO. The molecule has 0 radical (unpaired) electrons. The van der Waals surface area contributed by atoms with Crippen LogP contribution < -0.4 is 0 Å². The number of methoxy groups -OCH3 is 1. The number of hydrogen-bond acceptors (Lipinski definition) is 1. The first-order chi connectivity index (χ1) is 4.16. The molecule has 0 spiro atoms. The van der Waals surface area contributed by atoms with E-state index in [0.29, 0.717) is 6.10 Å². The van der Waals surface area contributed by atoms with Crippen LogP contribution in [0.1, 0.15) is 26.7 Å². The van der Waals surface area contributed by atoms with Crippen molar-refractivity contribution in [1.82, 2.24) is 0 Å². The molecule has 1 nitrogen and oxygen atoms in total. The minimum Gasteiger partial charge on any atom is -0.382 e. The van der Waals surface area contributed by atoms with Crippen LogP contribution in [0.4, 0.5) is 0 Å². The van der Waals surface area contributed by atoms with Gasteiger partial charge in [0.15, 0.2) is 0 Å². The van der Waals surface area contributed by atoms with Crippen LogP contribution in [-0.2, 0) is 4.74 Å². The van der Waals surface area contributed by atoms with E-state index < -0.39 is 0 Å². The van der Waals surface area contributed by atoms with Gasteiger partial charge >= 0.3 is 0 Å². The van der Waals surface area contributed by atoms with E-state index in [9.17, 15) is 0 Å². The molecule has 0 heterocycles. The molecule has 0 amide bonds. The van der Waals surface area contributed by atoms with E-state index in [2.05, 4.69) is 6.92 Å². The molecule has 56 valence electrons. The Labute approximate surface area is 62.3 Å². The van der Waals surface area contributed by atoms with Gasteiger partial charge in [0.1, 0.15) is 0 Å². The molecule has 2 unspecified atom stereocenters. The molecule has 0 aliphatic rings. The fraction of sp³-hybridized carbons (Fsp3) is 1.00. The molecule has 0 aliphatic carbocycles. The van der Waals surface area contributed by atoms with E-state index >= 15 is 0 Å². The maximum atomic E-state index is 5.72. The summed E-state index contributed by atoms with van der Waals surface area (Å²) in [6.45, 7) is 4.06. The Kier molecular flexibility index (Phi) is 5.21. The largest absolute Gasteiger partial charge is 0.382 e. The van der Waals surface area contributed by atoms with Gasteiger partial charge in [-0.1, -0.05) is 0 Å². The molecule has 0 aromatic rings. The summed E-state index contributed by atoms with van der Waals surface area (Å²) in [4.78, 5) is 0. The lowest BCUT2D eigenvalue weighted by Gasteiger charge is -2.08. The monoisotopic (exact) mass is 150 g/mol. The fourth-order valence-corrected chi connectivity index (χ4v) is 0.708. The number of rotatable bonds is 4. The van der Waals surface area contributed by atoms with Gasteiger partial charge in [-0.05, 0) is 26.7 Å². The summed E-state index contributed by atoms with van der Waals surface area (Å²) in [6, 6.07) is 0. The number of hydrogen-bond donors (Lipinski definition) is 0. The standard InChI is InChI=1S/C7H15ClO/c1-6(8)4-5-7(2)9-3/h6-7H,4-5H2,1-3H3. The van der Waals surface area contributed by atoms with Crippen LogP contribution in [0, 0.1) is 0 Å². The van der Waals surface area contributed by atoms with Crippen LogP contribution in [0.25, 0.3) is 0 Å². The molecule has 0 bridgehead atoms. The van der Waals surface area contributed by atoms with Gasteiger partial charge in [-0.15, -0.1) is 11.6 Å². The predicted octanol–water partition coefficient (Wildman–Crippen LogP) is 2.43. The first kappa shape index (κ1) is 9.25. The van der Waals surface area contributed by atoms with Gasteiger partial charge in [-0.3, -0.25) is 0 Å². The highest BCUT2D eigenvalue weighted by Crippen LogP contribution is 2.07. The second-order valence-electron chi connectivity index (χ2n) is 2.40. The van der Waals surface area contributed by atoms with Crippen LogP contribution in [0.5, 0.6) is 0 Å². The van der Waals surface area contributed by atoms with Crippen LogP contribution in [0.15, 0.2) is 0 Å².